The highest BCUT2D eigenvalue weighted by Crippen LogP contribution is 2.39. The molecule has 1 amide bonds. The lowest BCUT2D eigenvalue weighted by molar-refractivity contribution is -0.140. The summed E-state index contributed by atoms with van der Waals surface area (Å²) in [7, 11) is -3.14. The Hall–Kier alpha value is -1.44. The van der Waals surface area contributed by atoms with E-state index in [1.807, 2.05) is 11.0 Å². The van der Waals surface area contributed by atoms with Crippen LogP contribution in [0, 0.1) is 5.92 Å². The number of benzene rings is 1. The first-order valence-corrected chi connectivity index (χ1v) is 12.1. The molecular formula is C21H30N2O4S. The molecule has 3 aliphatic heterocycles. The summed E-state index contributed by atoms with van der Waals surface area (Å²) in [5.41, 5.74) is 2.37. The number of ether oxygens (including phenoxy) is 1. The molecule has 7 heteroatoms. The zero-order valence-corrected chi connectivity index (χ0v) is 17.4. The Morgan fingerprint density at radius 3 is 2.61 bits per heavy atom. The molecule has 1 spiro atoms. The van der Waals surface area contributed by atoms with E-state index in [2.05, 4.69) is 18.2 Å². The van der Waals surface area contributed by atoms with Crippen LogP contribution >= 0.6 is 0 Å². The third-order valence-electron chi connectivity index (χ3n) is 6.64. The van der Waals surface area contributed by atoms with Crippen LogP contribution in [-0.4, -0.2) is 61.6 Å². The molecule has 154 valence electrons. The quantitative estimate of drug-likeness (QED) is 0.772. The number of fused-ring (bicyclic) bond motifs is 1. The average Bonchev–Trinajstić information content (AvgIpc) is 2.67. The van der Waals surface area contributed by atoms with Crippen molar-refractivity contribution in [3.05, 3.63) is 35.4 Å². The van der Waals surface area contributed by atoms with Crippen molar-refractivity contribution in [2.24, 2.45) is 5.92 Å². The summed E-state index contributed by atoms with van der Waals surface area (Å²) in [6, 6.07) is 8.38. The van der Waals surface area contributed by atoms with Gasteiger partial charge in [-0.3, -0.25) is 4.79 Å². The Labute approximate surface area is 167 Å². The number of hydrogen-bond acceptors (Lipinski definition) is 4. The lowest BCUT2D eigenvalue weighted by atomic mass is 9.78. The predicted molar refractivity (Wildman–Crippen MR) is 107 cm³/mol. The molecule has 3 heterocycles. The molecule has 4 rings (SSSR count). The highest BCUT2D eigenvalue weighted by atomic mass is 32.2. The number of carbonyl (C=O) groups excluding carboxylic acids is 1. The highest BCUT2D eigenvalue weighted by Gasteiger charge is 2.42. The van der Waals surface area contributed by atoms with Crippen LogP contribution in [0.5, 0.6) is 0 Å². The number of sulfonamides is 1. The molecule has 0 saturated carbocycles. The Kier molecular flexibility index (Phi) is 5.51. The Bertz CT molecular complexity index is 831. The number of amides is 1. The van der Waals surface area contributed by atoms with Gasteiger partial charge in [0.25, 0.3) is 0 Å². The molecule has 0 bridgehead atoms. The number of piperidine rings is 1. The second-order valence-electron chi connectivity index (χ2n) is 8.59. The van der Waals surface area contributed by atoms with Crippen LogP contribution in [0.15, 0.2) is 24.3 Å². The topological polar surface area (TPSA) is 66.9 Å². The van der Waals surface area contributed by atoms with Crippen molar-refractivity contribution in [3.8, 4) is 0 Å². The maximum Gasteiger partial charge on any atom is 0.223 e. The number of carbonyl (C=O) groups is 1. The normalized spacial score (nSPS) is 25.5. The van der Waals surface area contributed by atoms with Gasteiger partial charge in [0.1, 0.15) is 0 Å². The minimum absolute atomic E-state index is 0.241. The van der Waals surface area contributed by atoms with Gasteiger partial charge in [0.05, 0.1) is 11.9 Å². The molecule has 2 saturated heterocycles. The van der Waals surface area contributed by atoms with Gasteiger partial charge in [-0.2, -0.15) is 0 Å². The fraction of sp³-hybridized carbons (Fsp3) is 0.667. The zero-order valence-electron chi connectivity index (χ0n) is 16.6. The van der Waals surface area contributed by atoms with E-state index in [-0.39, 0.29) is 11.5 Å². The summed E-state index contributed by atoms with van der Waals surface area (Å²) in [6.45, 7) is 3.21. The molecule has 1 atom stereocenters. The van der Waals surface area contributed by atoms with Crippen molar-refractivity contribution in [1.82, 2.24) is 9.21 Å². The molecule has 0 N–H and O–H groups in total. The zero-order chi connectivity index (χ0) is 19.8. The van der Waals surface area contributed by atoms with E-state index in [1.165, 1.54) is 17.4 Å². The summed E-state index contributed by atoms with van der Waals surface area (Å²) in [4.78, 5) is 14.9. The summed E-state index contributed by atoms with van der Waals surface area (Å²) in [5, 5.41) is 0. The summed E-state index contributed by atoms with van der Waals surface area (Å²) in [6.07, 6.45) is 5.99. The molecule has 3 aliphatic rings. The number of nitrogens with zero attached hydrogens (tertiary/aromatic N) is 2. The van der Waals surface area contributed by atoms with Crippen LogP contribution in [0.2, 0.25) is 0 Å². The first-order valence-electron chi connectivity index (χ1n) is 10.3. The first kappa shape index (κ1) is 19.9. The SMILES string of the molecule is CS(=O)(=O)N1CCC2(CC1)CC(CC(=O)N1CCc3ccccc3C1)CCO2. The first-order chi connectivity index (χ1) is 13.3. The predicted octanol–water partition coefficient (Wildman–Crippen LogP) is 2.18. The van der Waals surface area contributed by atoms with Gasteiger partial charge in [-0.25, -0.2) is 12.7 Å². The van der Waals surface area contributed by atoms with Crippen LogP contribution in [0.1, 0.15) is 43.2 Å². The molecular weight excluding hydrogens is 376 g/mol. The van der Waals surface area contributed by atoms with Crippen LogP contribution in [0.3, 0.4) is 0 Å². The number of rotatable bonds is 3. The molecule has 1 unspecified atom stereocenters. The average molecular weight is 407 g/mol. The van der Waals surface area contributed by atoms with Gasteiger partial charge < -0.3 is 9.64 Å². The van der Waals surface area contributed by atoms with Crippen molar-refractivity contribution in [3.63, 3.8) is 0 Å². The summed E-state index contributed by atoms with van der Waals surface area (Å²) in [5.74, 6) is 0.563. The second kappa shape index (κ2) is 7.76. The molecule has 6 nitrogen and oxygen atoms in total. The van der Waals surface area contributed by atoms with Crippen molar-refractivity contribution >= 4 is 15.9 Å². The molecule has 1 aromatic carbocycles. The monoisotopic (exact) mass is 406 g/mol. The van der Waals surface area contributed by atoms with Crippen LogP contribution in [0.4, 0.5) is 0 Å². The van der Waals surface area contributed by atoms with E-state index >= 15 is 0 Å². The van der Waals surface area contributed by atoms with Crippen molar-refractivity contribution < 1.29 is 17.9 Å². The van der Waals surface area contributed by atoms with Gasteiger partial charge in [0, 0.05) is 39.2 Å². The van der Waals surface area contributed by atoms with Gasteiger partial charge in [-0.1, -0.05) is 24.3 Å². The molecule has 0 aromatic heterocycles. The van der Waals surface area contributed by atoms with E-state index in [1.54, 1.807) is 4.31 Å². The van der Waals surface area contributed by atoms with E-state index < -0.39 is 10.0 Å². The third-order valence-corrected chi connectivity index (χ3v) is 7.95. The Morgan fingerprint density at radius 2 is 1.89 bits per heavy atom. The van der Waals surface area contributed by atoms with Crippen LogP contribution < -0.4 is 0 Å². The minimum Gasteiger partial charge on any atom is -0.375 e. The van der Waals surface area contributed by atoms with Gasteiger partial charge in [0.2, 0.25) is 15.9 Å². The lowest BCUT2D eigenvalue weighted by Gasteiger charge is -2.45. The lowest BCUT2D eigenvalue weighted by Crippen LogP contribution is -2.51. The minimum atomic E-state index is -3.14. The van der Waals surface area contributed by atoms with E-state index in [4.69, 9.17) is 4.74 Å². The maximum atomic E-state index is 12.9. The molecule has 1 aromatic rings. The largest absolute Gasteiger partial charge is 0.375 e. The van der Waals surface area contributed by atoms with Gasteiger partial charge >= 0.3 is 0 Å². The highest BCUT2D eigenvalue weighted by molar-refractivity contribution is 7.88. The smallest absolute Gasteiger partial charge is 0.223 e. The Morgan fingerprint density at radius 1 is 1.18 bits per heavy atom. The maximum absolute atomic E-state index is 12.9. The molecule has 2 fully saturated rings. The van der Waals surface area contributed by atoms with Gasteiger partial charge in [-0.15, -0.1) is 0 Å². The number of hydrogen-bond donors (Lipinski definition) is 0. The van der Waals surface area contributed by atoms with Crippen LogP contribution in [0.25, 0.3) is 0 Å². The fourth-order valence-corrected chi connectivity index (χ4v) is 5.81. The second-order valence-corrected chi connectivity index (χ2v) is 10.6. The van der Waals surface area contributed by atoms with Gasteiger partial charge in [0.15, 0.2) is 0 Å². The molecule has 0 aliphatic carbocycles. The standard InChI is InChI=1S/C21H30N2O4S/c1-28(25,26)23-11-8-21(9-12-23)15-17(7-13-27-21)14-20(24)22-10-6-18-4-2-3-5-19(18)16-22/h2-5,17H,6-16H2,1H3. The Balaban J connectivity index is 1.34. The summed E-state index contributed by atoms with van der Waals surface area (Å²) >= 11 is 0. The van der Waals surface area contributed by atoms with E-state index in [0.29, 0.717) is 38.6 Å². The third kappa shape index (κ3) is 4.26. The fourth-order valence-electron chi connectivity index (χ4n) is 4.96. The molecule has 28 heavy (non-hydrogen) atoms. The van der Waals surface area contributed by atoms with Gasteiger partial charge in [-0.05, 0) is 49.1 Å². The van der Waals surface area contributed by atoms with Crippen molar-refractivity contribution in [2.45, 2.75) is 50.7 Å². The van der Waals surface area contributed by atoms with E-state index in [0.717, 1.165) is 38.6 Å². The summed E-state index contributed by atoms with van der Waals surface area (Å²) < 4.78 is 31.2. The van der Waals surface area contributed by atoms with Crippen LogP contribution in [-0.2, 0) is 32.5 Å². The molecule has 0 radical (unpaired) electrons. The van der Waals surface area contributed by atoms with Crippen molar-refractivity contribution in [1.29, 1.82) is 0 Å². The van der Waals surface area contributed by atoms with E-state index in [9.17, 15) is 13.2 Å². The van der Waals surface area contributed by atoms with Crippen molar-refractivity contribution in [2.75, 3.05) is 32.5 Å².